The first-order valence-electron chi connectivity index (χ1n) is 8.34. The lowest BCUT2D eigenvalue weighted by molar-refractivity contribution is 0.187. The fourth-order valence-electron chi connectivity index (χ4n) is 3.69. The van der Waals surface area contributed by atoms with Crippen LogP contribution in [-0.2, 0) is 0 Å². The minimum Gasteiger partial charge on any atom is -0.314 e. The number of rotatable bonds is 7. The summed E-state index contributed by atoms with van der Waals surface area (Å²) in [6, 6.07) is 0. The zero-order valence-corrected chi connectivity index (χ0v) is 13.1. The first-order valence-corrected chi connectivity index (χ1v) is 8.34. The van der Waals surface area contributed by atoms with E-state index < -0.39 is 0 Å². The molecule has 112 valence electrons. The summed E-state index contributed by atoms with van der Waals surface area (Å²) in [7, 11) is 4.46. The van der Waals surface area contributed by atoms with Gasteiger partial charge >= 0.3 is 0 Å². The molecular formula is C16H33N3. The quantitative estimate of drug-likeness (QED) is 0.764. The van der Waals surface area contributed by atoms with Crippen molar-refractivity contribution in [3.63, 3.8) is 0 Å². The fraction of sp³-hybridized carbons (Fsp3) is 1.00. The smallest absolute Gasteiger partial charge is 0.0190 e. The van der Waals surface area contributed by atoms with Crippen LogP contribution in [0.25, 0.3) is 0 Å². The lowest BCUT2D eigenvalue weighted by Gasteiger charge is -2.38. The van der Waals surface area contributed by atoms with Crippen molar-refractivity contribution in [1.82, 2.24) is 15.1 Å². The number of hydrogen-bond donors (Lipinski definition) is 1. The van der Waals surface area contributed by atoms with Crippen LogP contribution in [0.4, 0.5) is 0 Å². The van der Waals surface area contributed by atoms with Crippen LogP contribution in [0.15, 0.2) is 0 Å². The van der Waals surface area contributed by atoms with Gasteiger partial charge in [0, 0.05) is 18.6 Å². The molecule has 3 nitrogen and oxygen atoms in total. The van der Waals surface area contributed by atoms with E-state index in [9.17, 15) is 0 Å². The molecule has 1 aliphatic heterocycles. The Hall–Kier alpha value is -0.120. The highest BCUT2D eigenvalue weighted by atomic mass is 15.2. The summed E-state index contributed by atoms with van der Waals surface area (Å²) < 4.78 is 0. The van der Waals surface area contributed by atoms with Gasteiger partial charge in [0.15, 0.2) is 0 Å². The van der Waals surface area contributed by atoms with E-state index in [-0.39, 0.29) is 0 Å². The van der Waals surface area contributed by atoms with Gasteiger partial charge in [-0.3, -0.25) is 0 Å². The standard InChI is InChI=1S/C16H33N3/c1-17-16(8-4-3-5-9-16)10-13-18(2)14-15-19-11-6-7-12-19/h17H,3-15H2,1-2H3. The van der Waals surface area contributed by atoms with Crippen molar-refractivity contribution in [3.05, 3.63) is 0 Å². The maximum atomic E-state index is 3.63. The van der Waals surface area contributed by atoms with Crippen molar-refractivity contribution in [2.24, 2.45) is 0 Å². The maximum absolute atomic E-state index is 3.63. The van der Waals surface area contributed by atoms with Gasteiger partial charge in [-0.2, -0.15) is 0 Å². The molecule has 2 rings (SSSR count). The van der Waals surface area contributed by atoms with E-state index in [0.29, 0.717) is 5.54 Å². The van der Waals surface area contributed by atoms with E-state index in [1.54, 1.807) is 0 Å². The molecule has 1 saturated heterocycles. The van der Waals surface area contributed by atoms with Crippen LogP contribution in [0.1, 0.15) is 51.4 Å². The third-order valence-corrected chi connectivity index (χ3v) is 5.31. The third kappa shape index (κ3) is 4.73. The average molecular weight is 267 g/mol. The summed E-state index contributed by atoms with van der Waals surface area (Å²) in [6.45, 7) is 6.40. The Morgan fingerprint density at radius 3 is 2.32 bits per heavy atom. The van der Waals surface area contributed by atoms with Crippen LogP contribution in [0.5, 0.6) is 0 Å². The predicted molar refractivity (Wildman–Crippen MR) is 82.7 cm³/mol. The predicted octanol–water partition coefficient (Wildman–Crippen LogP) is 2.33. The van der Waals surface area contributed by atoms with Crippen LogP contribution in [0.2, 0.25) is 0 Å². The van der Waals surface area contributed by atoms with Crippen LogP contribution in [0, 0.1) is 0 Å². The van der Waals surface area contributed by atoms with E-state index in [1.165, 1.54) is 84.1 Å². The summed E-state index contributed by atoms with van der Waals surface area (Å²) in [5.74, 6) is 0. The molecule has 0 radical (unpaired) electrons. The van der Waals surface area contributed by atoms with E-state index in [0.717, 1.165) is 0 Å². The number of nitrogens with zero attached hydrogens (tertiary/aromatic N) is 2. The molecule has 1 saturated carbocycles. The molecule has 0 aromatic rings. The molecule has 2 aliphatic rings. The van der Waals surface area contributed by atoms with Gasteiger partial charge in [-0.05, 0) is 65.8 Å². The molecule has 0 atom stereocenters. The lowest BCUT2D eigenvalue weighted by Crippen LogP contribution is -2.47. The van der Waals surface area contributed by atoms with Gasteiger partial charge in [0.05, 0.1) is 0 Å². The maximum Gasteiger partial charge on any atom is 0.0190 e. The summed E-state index contributed by atoms with van der Waals surface area (Å²) in [6.07, 6.45) is 11.2. The Labute approximate surface area is 119 Å². The zero-order valence-electron chi connectivity index (χ0n) is 13.1. The highest BCUT2D eigenvalue weighted by Gasteiger charge is 2.29. The molecule has 1 aliphatic carbocycles. The molecular weight excluding hydrogens is 234 g/mol. The van der Waals surface area contributed by atoms with Crippen molar-refractivity contribution < 1.29 is 0 Å². The summed E-state index contributed by atoms with van der Waals surface area (Å²) in [4.78, 5) is 5.15. The molecule has 1 heterocycles. The molecule has 3 heteroatoms. The van der Waals surface area contributed by atoms with Crippen molar-refractivity contribution >= 4 is 0 Å². The first-order chi connectivity index (χ1) is 9.24. The Morgan fingerprint density at radius 2 is 1.68 bits per heavy atom. The normalized spacial score (nSPS) is 24.2. The highest BCUT2D eigenvalue weighted by Crippen LogP contribution is 2.30. The Morgan fingerprint density at radius 1 is 1.00 bits per heavy atom. The second kappa shape index (κ2) is 7.61. The molecule has 0 amide bonds. The number of likely N-dealkylation sites (tertiary alicyclic amines) is 1. The Kier molecular flexibility index (Phi) is 6.11. The van der Waals surface area contributed by atoms with Gasteiger partial charge in [0.2, 0.25) is 0 Å². The van der Waals surface area contributed by atoms with Crippen LogP contribution in [0.3, 0.4) is 0 Å². The van der Waals surface area contributed by atoms with E-state index >= 15 is 0 Å². The van der Waals surface area contributed by atoms with Gasteiger partial charge in [-0.1, -0.05) is 19.3 Å². The zero-order chi connectivity index (χ0) is 13.6. The summed E-state index contributed by atoms with van der Waals surface area (Å²) in [5, 5.41) is 3.63. The molecule has 1 N–H and O–H groups in total. The summed E-state index contributed by atoms with van der Waals surface area (Å²) >= 11 is 0. The van der Waals surface area contributed by atoms with E-state index in [2.05, 4.69) is 29.2 Å². The van der Waals surface area contributed by atoms with Gasteiger partial charge < -0.3 is 15.1 Å². The minimum atomic E-state index is 0.445. The molecule has 0 aromatic heterocycles. The Bertz CT molecular complexity index is 242. The second-order valence-corrected chi connectivity index (χ2v) is 6.69. The molecule has 19 heavy (non-hydrogen) atoms. The van der Waals surface area contributed by atoms with E-state index in [1.807, 2.05) is 0 Å². The molecule has 0 unspecified atom stereocenters. The monoisotopic (exact) mass is 267 g/mol. The number of nitrogens with one attached hydrogen (secondary N) is 1. The second-order valence-electron chi connectivity index (χ2n) is 6.69. The first kappa shape index (κ1) is 15.3. The highest BCUT2D eigenvalue weighted by molar-refractivity contribution is 4.90. The molecule has 0 aromatic carbocycles. The molecule has 0 spiro atoms. The SMILES string of the molecule is CNC1(CCN(C)CCN2CCCC2)CCCCC1. The van der Waals surface area contributed by atoms with Gasteiger partial charge in [-0.25, -0.2) is 0 Å². The van der Waals surface area contributed by atoms with Gasteiger partial charge in [0.25, 0.3) is 0 Å². The summed E-state index contributed by atoms with van der Waals surface area (Å²) in [5.41, 5.74) is 0.445. The largest absolute Gasteiger partial charge is 0.314 e. The Balaban J connectivity index is 1.65. The lowest BCUT2D eigenvalue weighted by atomic mass is 9.79. The van der Waals surface area contributed by atoms with Crippen molar-refractivity contribution in [2.75, 3.05) is 46.8 Å². The fourth-order valence-corrected chi connectivity index (χ4v) is 3.69. The third-order valence-electron chi connectivity index (χ3n) is 5.31. The van der Waals surface area contributed by atoms with Crippen LogP contribution >= 0.6 is 0 Å². The van der Waals surface area contributed by atoms with Crippen molar-refractivity contribution in [2.45, 2.75) is 56.9 Å². The van der Waals surface area contributed by atoms with Crippen LogP contribution in [-0.4, -0.2) is 62.2 Å². The molecule has 2 fully saturated rings. The van der Waals surface area contributed by atoms with Crippen LogP contribution < -0.4 is 5.32 Å². The van der Waals surface area contributed by atoms with Crippen molar-refractivity contribution in [1.29, 1.82) is 0 Å². The van der Waals surface area contributed by atoms with Crippen molar-refractivity contribution in [3.8, 4) is 0 Å². The van der Waals surface area contributed by atoms with E-state index in [4.69, 9.17) is 0 Å². The topological polar surface area (TPSA) is 18.5 Å². The number of hydrogen-bond acceptors (Lipinski definition) is 3. The minimum absolute atomic E-state index is 0.445. The molecule has 0 bridgehead atoms. The van der Waals surface area contributed by atoms with Gasteiger partial charge in [0.1, 0.15) is 0 Å². The average Bonchev–Trinajstić information content (AvgIpc) is 2.97. The number of likely N-dealkylation sites (N-methyl/N-ethyl adjacent to an activating group) is 1. The van der Waals surface area contributed by atoms with Gasteiger partial charge in [-0.15, -0.1) is 0 Å².